The molecule has 1 aliphatic heterocycles. The van der Waals surface area contributed by atoms with E-state index in [1.165, 1.54) is 6.92 Å². The summed E-state index contributed by atoms with van der Waals surface area (Å²) in [5, 5.41) is 5.98. The molecule has 0 aromatic heterocycles. The van der Waals surface area contributed by atoms with E-state index in [4.69, 9.17) is 0 Å². The summed E-state index contributed by atoms with van der Waals surface area (Å²) in [6.07, 6.45) is 1.45. The first-order valence-electron chi connectivity index (χ1n) is 9.03. The second kappa shape index (κ2) is 8.03. The lowest BCUT2D eigenvalue weighted by Crippen LogP contribution is -2.32. The third-order valence-corrected chi connectivity index (χ3v) is 4.54. The maximum absolute atomic E-state index is 12.5. The second-order valence-corrected chi connectivity index (χ2v) is 6.69. The standard InChI is InChI=1S/C21H23N3O3/c1-14(21(27)23-17-7-3-6-16(12-17)15(2)25)22-18-8-4-9-19(13-18)24-11-5-10-20(24)26/h3-4,6-9,12-14,22H,5,10-11H2,1-2H3,(H,23,27). The molecule has 2 amide bonds. The summed E-state index contributed by atoms with van der Waals surface area (Å²) >= 11 is 0. The van der Waals surface area contributed by atoms with E-state index in [0.717, 1.165) is 24.3 Å². The predicted octanol–water partition coefficient (Wildman–Crippen LogP) is 3.46. The number of carbonyl (C=O) groups excluding carboxylic acids is 3. The molecule has 0 aliphatic carbocycles. The van der Waals surface area contributed by atoms with Crippen LogP contribution in [-0.4, -0.2) is 30.2 Å². The molecule has 2 aromatic carbocycles. The van der Waals surface area contributed by atoms with Crippen LogP contribution in [0.15, 0.2) is 48.5 Å². The number of hydrogen-bond acceptors (Lipinski definition) is 4. The fraction of sp³-hybridized carbons (Fsp3) is 0.286. The summed E-state index contributed by atoms with van der Waals surface area (Å²) < 4.78 is 0. The van der Waals surface area contributed by atoms with Gasteiger partial charge in [0, 0.05) is 35.6 Å². The van der Waals surface area contributed by atoms with Crippen molar-refractivity contribution < 1.29 is 14.4 Å². The van der Waals surface area contributed by atoms with Gasteiger partial charge in [0.2, 0.25) is 11.8 Å². The zero-order valence-electron chi connectivity index (χ0n) is 15.5. The summed E-state index contributed by atoms with van der Waals surface area (Å²) in [6, 6.07) is 13.9. The number of anilines is 3. The van der Waals surface area contributed by atoms with Crippen molar-refractivity contribution >= 4 is 34.7 Å². The van der Waals surface area contributed by atoms with Crippen molar-refractivity contribution in [3.05, 3.63) is 54.1 Å². The molecule has 1 heterocycles. The minimum absolute atomic E-state index is 0.0504. The maximum Gasteiger partial charge on any atom is 0.246 e. The number of nitrogens with zero attached hydrogens (tertiary/aromatic N) is 1. The Kier molecular flexibility index (Phi) is 5.54. The molecular formula is C21H23N3O3. The molecule has 6 nitrogen and oxygen atoms in total. The molecule has 6 heteroatoms. The molecule has 27 heavy (non-hydrogen) atoms. The van der Waals surface area contributed by atoms with Gasteiger partial charge in [-0.3, -0.25) is 14.4 Å². The van der Waals surface area contributed by atoms with Gasteiger partial charge in [-0.15, -0.1) is 0 Å². The quantitative estimate of drug-likeness (QED) is 0.769. The molecule has 2 aromatic rings. The summed E-state index contributed by atoms with van der Waals surface area (Å²) in [7, 11) is 0. The van der Waals surface area contributed by atoms with Crippen LogP contribution in [0, 0.1) is 0 Å². The van der Waals surface area contributed by atoms with Crippen molar-refractivity contribution in [2.75, 3.05) is 22.1 Å². The molecule has 0 bridgehead atoms. The molecule has 1 aliphatic rings. The molecule has 0 saturated carbocycles. The van der Waals surface area contributed by atoms with E-state index in [2.05, 4.69) is 10.6 Å². The van der Waals surface area contributed by atoms with Gasteiger partial charge in [0.25, 0.3) is 0 Å². The second-order valence-electron chi connectivity index (χ2n) is 6.69. The number of Topliss-reactive ketones (excluding diaryl/α,β-unsaturated/α-hetero) is 1. The first kappa shape index (κ1) is 18.6. The monoisotopic (exact) mass is 365 g/mol. The van der Waals surface area contributed by atoms with Crippen LogP contribution >= 0.6 is 0 Å². The average Bonchev–Trinajstić information content (AvgIpc) is 3.08. The van der Waals surface area contributed by atoms with Crippen molar-refractivity contribution in [2.45, 2.75) is 32.7 Å². The van der Waals surface area contributed by atoms with Crippen LogP contribution in [0.25, 0.3) is 0 Å². The number of benzene rings is 2. The highest BCUT2D eigenvalue weighted by atomic mass is 16.2. The van der Waals surface area contributed by atoms with E-state index < -0.39 is 6.04 Å². The highest BCUT2D eigenvalue weighted by Gasteiger charge is 2.22. The van der Waals surface area contributed by atoms with Crippen molar-refractivity contribution in [2.24, 2.45) is 0 Å². The fourth-order valence-electron chi connectivity index (χ4n) is 3.07. The van der Waals surface area contributed by atoms with Gasteiger partial charge in [-0.25, -0.2) is 0 Å². The summed E-state index contributed by atoms with van der Waals surface area (Å²) in [5.74, 6) is -0.132. The fourth-order valence-corrected chi connectivity index (χ4v) is 3.07. The molecular weight excluding hydrogens is 342 g/mol. The average molecular weight is 365 g/mol. The van der Waals surface area contributed by atoms with Crippen LogP contribution in [0.2, 0.25) is 0 Å². The summed E-state index contributed by atoms with van der Waals surface area (Å²) in [6.45, 7) is 3.98. The molecule has 0 spiro atoms. The molecule has 0 radical (unpaired) electrons. The molecule has 1 atom stereocenters. The Morgan fingerprint density at radius 1 is 1.07 bits per heavy atom. The van der Waals surface area contributed by atoms with Gasteiger partial charge in [-0.1, -0.05) is 18.2 Å². The molecule has 3 rings (SSSR count). The number of nitrogens with one attached hydrogen (secondary N) is 2. The lowest BCUT2D eigenvalue weighted by Gasteiger charge is -2.19. The molecule has 1 saturated heterocycles. The predicted molar refractivity (Wildman–Crippen MR) is 106 cm³/mol. The van der Waals surface area contributed by atoms with Crippen LogP contribution in [0.1, 0.15) is 37.0 Å². The number of ketones is 1. The molecule has 1 unspecified atom stereocenters. The van der Waals surface area contributed by atoms with Crippen LogP contribution in [0.5, 0.6) is 0 Å². The van der Waals surface area contributed by atoms with Gasteiger partial charge in [0.1, 0.15) is 6.04 Å². The van der Waals surface area contributed by atoms with Crippen LogP contribution in [0.4, 0.5) is 17.1 Å². The third-order valence-electron chi connectivity index (χ3n) is 4.54. The van der Waals surface area contributed by atoms with E-state index in [1.54, 1.807) is 36.1 Å². The van der Waals surface area contributed by atoms with Crippen molar-refractivity contribution in [1.82, 2.24) is 0 Å². The van der Waals surface area contributed by atoms with Crippen LogP contribution in [0.3, 0.4) is 0 Å². The summed E-state index contributed by atoms with van der Waals surface area (Å²) in [4.78, 5) is 37.6. The topological polar surface area (TPSA) is 78.5 Å². The lowest BCUT2D eigenvalue weighted by atomic mass is 10.1. The van der Waals surface area contributed by atoms with Gasteiger partial charge in [0.05, 0.1) is 0 Å². The van der Waals surface area contributed by atoms with Crippen LogP contribution < -0.4 is 15.5 Å². The van der Waals surface area contributed by atoms with Crippen molar-refractivity contribution in [3.8, 4) is 0 Å². The highest BCUT2D eigenvalue weighted by Crippen LogP contribution is 2.24. The Hall–Kier alpha value is -3.15. The first-order chi connectivity index (χ1) is 12.9. The SMILES string of the molecule is CC(=O)c1cccc(NC(=O)C(C)Nc2cccc(N3CCCC3=O)c2)c1. The van der Waals surface area contributed by atoms with Gasteiger partial charge >= 0.3 is 0 Å². The Labute approximate surface area is 158 Å². The number of carbonyl (C=O) groups is 3. The minimum Gasteiger partial charge on any atom is -0.374 e. The van der Waals surface area contributed by atoms with E-state index >= 15 is 0 Å². The molecule has 140 valence electrons. The van der Waals surface area contributed by atoms with Gasteiger partial charge < -0.3 is 15.5 Å². The Bertz CT molecular complexity index is 878. The van der Waals surface area contributed by atoms with Gasteiger partial charge in [0.15, 0.2) is 5.78 Å². The lowest BCUT2D eigenvalue weighted by molar-refractivity contribution is -0.117. The van der Waals surface area contributed by atoms with E-state index in [1.807, 2.05) is 24.3 Å². The molecule has 1 fully saturated rings. The minimum atomic E-state index is -0.490. The number of amides is 2. The number of rotatable bonds is 6. The number of hydrogen-bond donors (Lipinski definition) is 2. The summed E-state index contributed by atoms with van der Waals surface area (Å²) in [5.41, 5.74) is 2.74. The largest absolute Gasteiger partial charge is 0.374 e. The highest BCUT2D eigenvalue weighted by molar-refractivity contribution is 5.99. The van der Waals surface area contributed by atoms with E-state index in [0.29, 0.717) is 17.7 Å². The zero-order valence-corrected chi connectivity index (χ0v) is 15.5. The maximum atomic E-state index is 12.5. The van der Waals surface area contributed by atoms with Gasteiger partial charge in [-0.05, 0) is 50.6 Å². The Morgan fingerprint density at radius 2 is 1.81 bits per heavy atom. The van der Waals surface area contributed by atoms with Crippen molar-refractivity contribution in [3.63, 3.8) is 0 Å². The smallest absolute Gasteiger partial charge is 0.246 e. The third kappa shape index (κ3) is 4.53. The first-order valence-corrected chi connectivity index (χ1v) is 9.03. The Balaban J connectivity index is 1.65. The van der Waals surface area contributed by atoms with E-state index in [9.17, 15) is 14.4 Å². The molecule has 2 N–H and O–H groups in total. The van der Waals surface area contributed by atoms with Crippen molar-refractivity contribution in [1.29, 1.82) is 0 Å². The normalized spacial score (nSPS) is 14.7. The zero-order chi connectivity index (χ0) is 19.4. The van der Waals surface area contributed by atoms with Crippen LogP contribution in [-0.2, 0) is 9.59 Å². The van der Waals surface area contributed by atoms with Gasteiger partial charge in [-0.2, -0.15) is 0 Å². The Morgan fingerprint density at radius 3 is 2.52 bits per heavy atom. The van der Waals surface area contributed by atoms with E-state index in [-0.39, 0.29) is 17.6 Å².